The van der Waals surface area contributed by atoms with Crippen molar-refractivity contribution in [2.45, 2.75) is 93.9 Å². The van der Waals surface area contributed by atoms with E-state index in [1.54, 1.807) is 0 Å². The fourth-order valence-electron chi connectivity index (χ4n) is 3.94. The Morgan fingerprint density at radius 3 is 0.967 bits per heavy atom. The number of nitrogens with zero attached hydrogens (tertiary/aromatic N) is 2. The van der Waals surface area contributed by atoms with Crippen LogP contribution in [0.25, 0.3) is 0 Å². The first-order valence-electron chi connectivity index (χ1n) is 11.8. The van der Waals surface area contributed by atoms with Gasteiger partial charge in [0.15, 0.2) is 0 Å². The summed E-state index contributed by atoms with van der Waals surface area (Å²) in [7, 11) is 0. The normalized spacial score (nSPS) is 12.5. The van der Waals surface area contributed by atoms with Crippen molar-refractivity contribution in [2.75, 3.05) is 0 Å². The molecule has 0 saturated carbocycles. The Morgan fingerprint density at radius 1 is 0.500 bits per heavy atom. The van der Waals surface area contributed by atoms with Crippen LogP contribution in [0.5, 0.6) is 0 Å². The average Bonchev–Trinajstić information content (AvgIpc) is 2.78. The molecule has 0 heterocycles. The number of benzene rings is 2. The van der Waals surface area contributed by atoms with E-state index in [9.17, 15) is 0 Å². The van der Waals surface area contributed by atoms with Gasteiger partial charge in [-0.2, -0.15) is 0 Å². The summed E-state index contributed by atoms with van der Waals surface area (Å²) in [6.07, 6.45) is 6.14. The van der Waals surface area contributed by atoms with E-state index < -0.39 is 0 Å². The van der Waals surface area contributed by atoms with Crippen molar-refractivity contribution < 1.29 is 0 Å². The van der Waals surface area contributed by atoms with Crippen molar-refractivity contribution in [1.29, 1.82) is 0 Å². The zero-order chi connectivity index (χ0) is 22.3. The Bertz CT molecular complexity index is 804. The molecule has 0 aliphatic heterocycles. The summed E-state index contributed by atoms with van der Waals surface area (Å²) in [5.41, 5.74) is 12.5. The van der Waals surface area contributed by atoms with Crippen LogP contribution in [-0.4, -0.2) is 11.4 Å². The molecule has 0 aromatic heterocycles. The topological polar surface area (TPSA) is 24.7 Å². The Morgan fingerprint density at radius 2 is 0.767 bits per heavy atom. The van der Waals surface area contributed by atoms with Crippen LogP contribution < -0.4 is 0 Å². The van der Waals surface area contributed by atoms with Crippen molar-refractivity contribution >= 4 is 22.8 Å². The fraction of sp³-hybridized carbons (Fsp3) is 0.500. The highest BCUT2D eigenvalue weighted by Crippen LogP contribution is 2.30. The van der Waals surface area contributed by atoms with Crippen LogP contribution in [0.2, 0.25) is 0 Å². The molecule has 2 heteroatoms. The smallest absolute Gasteiger partial charge is 0.0697 e. The monoisotopic (exact) mass is 404 g/mol. The maximum absolute atomic E-state index is 5.10. The molecule has 0 saturated heterocycles. The van der Waals surface area contributed by atoms with Crippen molar-refractivity contribution in [2.24, 2.45) is 9.98 Å². The van der Waals surface area contributed by atoms with Crippen LogP contribution >= 0.6 is 0 Å². The number of hydrogen-bond acceptors (Lipinski definition) is 2. The molecule has 0 aliphatic carbocycles. The Kier molecular flexibility index (Phi) is 9.02. The van der Waals surface area contributed by atoms with Gasteiger partial charge in [-0.1, -0.05) is 65.8 Å². The van der Waals surface area contributed by atoms with Crippen LogP contribution in [0.15, 0.2) is 34.3 Å². The van der Waals surface area contributed by atoms with Gasteiger partial charge >= 0.3 is 0 Å². The lowest BCUT2D eigenvalue weighted by atomic mass is 9.97. The lowest BCUT2D eigenvalue weighted by Crippen LogP contribution is -2.07. The highest BCUT2D eigenvalue weighted by atomic mass is 14.8. The molecular weight excluding hydrogens is 364 g/mol. The average molecular weight is 405 g/mol. The summed E-state index contributed by atoms with van der Waals surface area (Å²) < 4.78 is 0. The molecule has 30 heavy (non-hydrogen) atoms. The largest absolute Gasteiger partial charge is 0.251 e. The molecule has 0 bridgehead atoms. The van der Waals surface area contributed by atoms with Crippen LogP contribution in [-0.2, 0) is 38.5 Å². The van der Waals surface area contributed by atoms with Gasteiger partial charge in [-0.25, -0.2) is 0 Å². The van der Waals surface area contributed by atoms with E-state index in [0.29, 0.717) is 0 Å². The molecule has 0 amide bonds. The Labute approximate surface area is 184 Å². The van der Waals surface area contributed by atoms with E-state index in [1.165, 1.54) is 33.4 Å². The third-order valence-corrected chi connectivity index (χ3v) is 6.08. The van der Waals surface area contributed by atoms with Gasteiger partial charge in [0.1, 0.15) is 0 Å². The number of aliphatic imine (C=N–C) groups is 2. The van der Waals surface area contributed by atoms with E-state index in [1.807, 2.05) is 0 Å². The fourth-order valence-corrected chi connectivity index (χ4v) is 3.94. The maximum Gasteiger partial charge on any atom is 0.0697 e. The second-order valence-corrected chi connectivity index (χ2v) is 8.04. The SMILES string of the molecule is CCc1cc(CC)c(N=C(C)C(C)=Nc2c(CC)cc(CC)cc2CC)c(CC)c1. The van der Waals surface area contributed by atoms with Gasteiger partial charge in [0.05, 0.1) is 22.8 Å². The molecule has 0 fully saturated rings. The van der Waals surface area contributed by atoms with E-state index >= 15 is 0 Å². The van der Waals surface area contributed by atoms with Crippen LogP contribution in [0.1, 0.15) is 88.8 Å². The Hall–Kier alpha value is -2.22. The molecule has 2 aromatic rings. The summed E-state index contributed by atoms with van der Waals surface area (Å²) in [5, 5.41) is 0. The third kappa shape index (κ3) is 5.47. The zero-order valence-electron chi connectivity index (χ0n) is 20.4. The first-order chi connectivity index (χ1) is 14.4. The highest BCUT2D eigenvalue weighted by Gasteiger charge is 2.12. The van der Waals surface area contributed by atoms with Gasteiger partial charge < -0.3 is 0 Å². The quantitative estimate of drug-likeness (QED) is 0.379. The van der Waals surface area contributed by atoms with Crippen molar-refractivity contribution in [3.8, 4) is 0 Å². The molecule has 0 atom stereocenters. The predicted molar refractivity (Wildman–Crippen MR) is 135 cm³/mol. The van der Waals surface area contributed by atoms with Crippen molar-refractivity contribution in [1.82, 2.24) is 0 Å². The number of hydrogen-bond donors (Lipinski definition) is 0. The van der Waals surface area contributed by atoms with E-state index in [2.05, 4.69) is 79.7 Å². The summed E-state index contributed by atoms with van der Waals surface area (Å²) in [5.74, 6) is 0. The van der Waals surface area contributed by atoms with E-state index in [0.717, 1.165) is 61.3 Å². The highest BCUT2D eigenvalue weighted by molar-refractivity contribution is 6.41. The minimum absolute atomic E-state index is 1.00. The summed E-state index contributed by atoms with van der Waals surface area (Å²) >= 11 is 0. The molecule has 162 valence electrons. The second-order valence-electron chi connectivity index (χ2n) is 8.04. The van der Waals surface area contributed by atoms with Gasteiger partial charge in [-0.3, -0.25) is 9.98 Å². The molecule has 0 spiro atoms. The summed E-state index contributed by atoms with van der Waals surface area (Å²) in [6.45, 7) is 17.5. The molecule has 0 aliphatic rings. The van der Waals surface area contributed by atoms with Gasteiger partial charge in [-0.05, 0) is 85.8 Å². The molecule has 0 N–H and O–H groups in total. The first kappa shape index (κ1) is 24.1. The minimum atomic E-state index is 1.00. The predicted octanol–water partition coefficient (Wildman–Crippen LogP) is 7.95. The minimum Gasteiger partial charge on any atom is -0.251 e. The van der Waals surface area contributed by atoms with E-state index in [4.69, 9.17) is 9.98 Å². The summed E-state index contributed by atoms with van der Waals surface area (Å²) in [4.78, 5) is 10.2. The molecule has 2 rings (SSSR count). The van der Waals surface area contributed by atoms with Gasteiger partial charge in [0.25, 0.3) is 0 Å². The van der Waals surface area contributed by atoms with Gasteiger partial charge in [-0.15, -0.1) is 0 Å². The summed E-state index contributed by atoms with van der Waals surface area (Å²) in [6, 6.07) is 9.30. The van der Waals surface area contributed by atoms with Crippen molar-refractivity contribution in [3.63, 3.8) is 0 Å². The lowest BCUT2D eigenvalue weighted by Gasteiger charge is -2.15. The van der Waals surface area contributed by atoms with Crippen molar-refractivity contribution in [3.05, 3.63) is 57.6 Å². The first-order valence-corrected chi connectivity index (χ1v) is 11.8. The van der Waals surface area contributed by atoms with Crippen LogP contribution in [0, 0.1) is 0 Å². The van der Waals surface area contributed by atoms with Gasteiger partial charge in [0.2, 0.25) is 0 Å². The zero-order valence-corrected chi connectivity index (χ0v) is 20.4. The standard InChI is InChI=1S/C28H40N2/c1-9-21-15-23(11-3)27(24(12-4)16-21)29-19(7)20(8)30-28-25(13-5)17-22(10-2)18-26(28)14-6/h15-18H,9-14H2,1-8H3. The number of aryl methyl sites for hydroxylation is 6. The van der Waals surface area contributed by atoms with Gasteiger partial charge in [0, 0.05) is 0 Å². The lowest BCUT2D eigenvalue weighted by molar-refractivity contribution is 1.04. The van der Waals surface area contributed by atoms with E-state index in [-0.39, 0.29) is 0 Å². The third-order valence-electron chi connectivity index (χ3n) is 6.08. The second kappa shape index (κ2) is 11.2. The molecular formula is C28H40N2. The maximum atomic E-state index is 5.10. The Balaban J connectivity index is 2.56. The molecule has 0 unspecified atom stereocenters. The van der Waals surface area contributed by atoms with Crippen LogP contribution in [0.4, 0.5) is 11.4 Å². The van der Waals surface area contributed by atoms with Crippen LogP contribution in [0.3, 0.4) is 0 Å². The molecule has 2 nitrogen and oxygen atoms in total. The molecule has 0 radical (unpaired) electrons. The molecule has 2 aromatic carbocycles. The number of rotatable bonds is 9.